The van der Waals surface area contributed by atoms with Crippen molar-refractivity contribution in [1.82, 2.24) is 0 Å². The Bertz CT molecular complexity index is 257. The molecule has 2 N–H and O–H groups in total. The molecule has 17 heavy (non-hydrogen) atoms. The van der Waals surface area contributed by atoms with Crippen LogP contribution in [0.3, 0.4) is 0 Å². The molecule has 0 aromatic carbocycles. The SMILES string of the molecule is COC(=O)/C=C(\C)O.COC(=O)/C=C(\C)O.[Cu]. The van der Waals surface area contributed by atoms with Crippen molar-refractivity contribution < 1.29 is 46.3 Å². The Morgan fingerprint density at radius 1 is 0.882 bits per heavy atom. The number of ether oxygens (including phenoxy) is 2. The number of carbonyl (C=O) groups is 2. The Morgan fingerprint density at radius 2 is 1.12 bits per heavy atom. The minimum Gasteiger partial charge on any atom is -0.512 e. The molecule has 0 spiro atoms. The van der Waals surface area contributed by atoms with Gasteiger partial charge in [0.15, 0.2) is 0 Å². The monoisotopic (exact) mass is 295 g/mol. The van der Waals surface area contributed by atoms with Crippen LogP contribution in [-0.2, 0) is 36.1 Å². The van der Waals surface area contributed by atoms with Crippen molar-refractivity contribution in [1.29, 1.82) is 0 Å². The average Bonchev–Trinajstić information content (AvgIpc) is 2.16. The topological polar surface area (TPSA) is 93.1 Å². The number of aliphatic hydroxyl groups excluding tert-OH is 2. The van der Waals surface area contributed by atoms with Crippen molar-refractivity contribution in [2.45, 2.75) is 13.8 Å². The second-order valence-electron chi connectivity index (χ2n) is 2.62. The van der Waals surface area contributed by atoms with Gasteiger partial charge in [-0.1, -0.05) is 0 Å². The molecule has 0 aromatic rings. The maximum absolute atomic E-state index is 10.2. The molecule has 0 unspecified atom stereocenters. The zero-order chi connectivity index (χ0) is 13.1. The first-order chi connectivity index (χ1) is 7.33. The minimum absolute atomic E-state index is 0. The Kier molecular flexibility index (Phi) is 15.5. The second-order valence-corrected chi connectivity index (χ2v) is 2.62. The average molecular weight is 296 g/mol. The first-order valence-corrected chi connectivity index (χ1v) is 4.23. The molecule has 0 aliphatic carbocycles. The van der Waals surface area contributed by atoms with Gasteiger partial charge in [0, 0.05) is 17.1 Å². The van der Waals surface area contributed by atoms with Crippen molar-refractivity contribution in [3.63, 3.8) is 0 Å². The summed E-state index contributed by atoms with van der Waals surface area (Å²) in [4.78, 5) is 20.3. The van der Waals surface area contributed by atoms with E-state index in [1.807, 2.05) is 0 Å². The van der Waals surface area contributed by atoms with E-state index in [2.05, 4.69) is 9.47 Å². The second kappa shape index (κ2) is 12.6. The molecule has 0 heterocycles. The van der Waals surface area contributed by atoms with E-state index in [1.54, 1.807) is 0 Å². The molecule has 1 radical (unpaired) electrons. The van der Waals surface area contributed by atoms with E-state index in [9.17, 15) is 9.59 Å². The summed E-state index contributed by atoms with van der Waals surface area (Å²) in [6.07, 6.45) is 2.00. The van der Waals surface area contributed by atoms with Gasteiger partial charge in [-0.2, -0.15) is 0 Å². The fourth-order valence-corrected chi connectivity index (χ4v) is 0.459. The molecule has 6 nitrogen and oxygen atoms in total. The van der Waals surface area contributed by atoms with Crippen molar-refractivity contribution >= 4 is 11.9 Å². The molecule has 0 atom stereocenters. The van der Waals surface area contributed by atoms with Crippen molar-refractivity contribution in [2.24, 2.45) is 0 Å². The number of allylic oxidation sites excluding steroid dienone is 2. The Balaban J connectivity index is -0.000000218. The van der Waals surface area contributed by atoms with Crippen molar-refractivity contribution in [2.75, 3.05) is 14.2 Å². The summed E-state index contributed by atoms with van der Waals surface area (Å²) in [6.45, 7) is 2.80. The van der Waals surface area contributed by atoms with Gasteiger partial charge in [-0.15, -0.1) is 0 Å². The molecule has 0 rings (SSSR count). The minimum atomic E-state index is -0.537. The zero-order valence-electron chi connectivity index (χ0n) is 9.98. The van der Waals surface area contributed by atoms with Crippen LogP contribution in [0.25, 0.3) is 0 Å². The Hall–Kier alpha value is -1.46. The van der Waals surface area contributed by atoms with E-state index >= 15 is 0 Å². The van der Waals surface area contributed by atoms with Crippen molar-refractivity contribution in [3.8, 4) is 0 Å². The van der Waals surface area contributed by atoms with Crippen LogP contribution in [0.5, 0.6) is 0 Å². The van der Waals surface area contributed by atoms with E-state index in [4.69, 9.17) is 10.2 Å². The van der Waals surface area contributed by atoms with Gasteiger partial charge in [0.2, 0.25) is 0 Å². The third kappa shape index (κ3) is 20.6. The molecule has 0 aliphatic rings. The van der Waals surface area contributed by atoms with E-state index < -0.39 is 11.9 Å². The van der Waals surface area contributed by atoms with E-state index in [0.717, 1.165) is 12.2 Å². The fourth-order valence-electron chi connectivity index (χ4n) is 0.459. The summed E-state index contributed by atoms with van der Waals surface area (Å²) >= 11 is 0. The molecule has 7 heteroatoms. The van der Waals surface area contributed by atoms with Gasteiger partial charge in [0.1, 0.15) is 0 Å². The summed E-state index contributed by atoms with van der Waals surface area (Å²) in [6, 6.07) is 0. The number of rotatable bonds is 2. The summed E-state index contributed by atoms with van der Waals surface area (Å²) in [5.41, 5.74) is 0. The molecule has 0 aromatic heterocycles. The molecule has 0 saturated carbocycles. The molecule has 103 valence electrons. The molecular formula is C10H16CuO6. The van der Waals surface area contributed by atoms with Crippen LogP contribution >= 0.6 is 0 Å². The van der Waals surface area contributed by atoms with E-state index in [0.29, 0.717) is 0 Å². The van der Waals surface area contributed by atoms with Crippen molar-refractivity contribution in [3.05, 3.63) is 23.7 Å². The predicted octanol–water partition coefficient (Wildman–Crippen LogP) is 1.24. The normalized spacial score (nSPS) is 10.4. The van der Waals surface area contributed by atoms with Gasteiger partial charge in [-0.25, -0.2) is 9.59 Å². The molecule has 0 amide bonds. The first kappa shape index (κ1) is 20.9. The molecule has 0 bridgehead atoms. The standard InChI is InChI=1S/2C5H8O3.Cu/c2*1-4(6)3-5(7)8-2;/h2*3,6H,1-2H3;/b2*4-3+;. The van der Waals surface area contributed by atoms with Gasteiger partial charge in [0.25, 0.3) is 0 Å². The van der Waals surface area contributed by atoms with Gasteiger partial charge < -0.3 is 19.7 Å². The van der Waals surface area contributed by atoms with Gasteiger partial charge in [-0.05, 0) is 13.8 Å². The largest absolute Gasteiger partial charge is 0.512 e. The Labute approximate surface area is 110 Å². The number of aliphatic hydroxyl groups is 2. The third-order valence-electron chi connectivity index (χ3n) is 1.06. The molecule has 0 aliphatic heterocycles. The van der Waals surface area contributed by atoms with Gasteiger partial charge in [-0.3, -0.25) is 0 Å². The van der Waals surface area contributed by atoms with E-state index in [1.165, 1.54) is 28.1 Å². The predicted molar refractivity (Wildman–Crippen MR) is 56.8 cm³/mol. The number of hydrogen-bond donors (Lipinski definition) is 2. The number of methoxy groups -OCH3 is 2. The number of hydrogen-bond acceptors (Lipinski definition) is 6. The number of esters is 2. The van der Waals surface area contributed by atoms with Gasteiger partial charge >= 0.3 is 11.9 Å². The molecule has 0 fully saturated rings. The van der Waals surface area contributed by atoms with Crippen LogP contribution in [-0.4, -0.2) is 36.4 Å². The maximum Gasteiger partial charge on any atom is 0.333 e. The van der Waals surface area contributed by atoms with Crippen LogP contribution in [0.15, 0.2) is 23.7 Å². The van der Waals surface area contributed by atoms with Crippen LogP contribution in [0.1, 0.15) is 13.8 Å². The van der Waals surface area contributed by atoms with Crippen LogP contribution in [0.2, 0.25) is 0 Å². The summed E-state index contributed by atoms with van der Waals surface area (Å²) in [7, 11) is 2.50. The van der Waals surface area contributed by atoms with Crippen LogP contribution in [0.4, 0.5) is 0 Å². The first-order valence-electron chi connectivity index (χ1n) is 4.23. The van der Waals surface area contributed by atoms with Crippen LogP contribution in [0, 0.1) is 0 Å². The maximum atomic E-state index is 10.2. The van der Waals surface area contributed by atoms with Crippen LogP contribution < -0.4 is 0 Å². The molecule has 0 saturated heterocycles. The number of carbonyl (C=O) groups excluding carboxylic acids is 2. The van der Waals surface area contributed by atoms with E-state index in [-0.39, 0.29) is 28.6 Å². The van der Waals surface area contributed by atoms with Gasteiger partial charge in [0.05, 0.1) is 37.9 Å². The summed E-state index contributed by atoms with van der Waals surface area (Å²) in [5.74, 6) is -1.16. The third-order valence-corrected chi connectivity index (χ3v) is 1.06. The summed E-state index contributed by atoms with van der Waals surface area (Å²) in [5, 5.41) is 16.8. The fraction of sp³-hybridized carbons (Fsp3) is 0.400. The smallest absolute Gasteiger partial charge is 0.333 e. The molecular weight excluding hydrogens is 280 g/mol. The summed E-state index contributed by atoms with van der Waals surface area (Å²) < 4.78 is 8.37. The zero-order valence-corrected chi connectivity index (χ0v) is 10.9. The quantitative estimate of drug-likeness (QED) is 0.344. The Morgan fingerprint density at radius 3 is 1.18 bits per heavy atom.